The lowest BCUT2D eigenvalue weighted by atomic mass is 9.97. The Bertz CT molecular complexity index is 654. The maximum Gasteiger partial charge on any atom is 0.260 e. The van der Waals surface area contributed by atoms with Crippen LogP contribution in [0.15, 0.2) is 42.5 Å². The van der Waals surface area contributed by atoms with Gasteiger partial charge < -0.3 is 10.6 Å². The summed E-state index contributed by atoms with van der Waals surface area (Å²) >= 11 is 0. The first kappa shape index (κ1) is 11.7. The van der Waals surface area contributed by atoms with E-state index in [1.165, 1.54) is 11.0 Å². The van der Waals surface area contributed by atoms with E-state index in [9.17, 15) is 9.18 Å². The minimum absolute atomic E-state index is 0.232. The fourth-order valence-corrected chi connectivity index (χ4v) is 2.46. The Morgan fingerprint density at radius 2 is 1.89 bits per heavy atom. The molecule has 0 saturated heterocycles. The SMILES string of the molecule is Nc1cccc2c1C(=O)N(c1ccccc1F)CC2. The monoisotopic (exact) mass is 256 g/mol. The summed E-state index contributed by atoms with van der Waals surface area (Å²) in [6.45, 7) is 0.468. The van der Waals surface area contributed by atoms with Crippen molar-refractivity contribution in [2.45, 2.75) is 6.42 Å². The molecule has 4 heteroatoms. The number of nitrogen functional groups attached to an aromatic ring is 1. The van der Waals surface area contributed by atoms with Crippen LogP contribution < -0.4 is 10.6 Å². The van der Waals surface area contributed by atoms with Crippen LogP contribution in [0.3, 0.4) is 0 Å². The molecule has 0 aromatic heterocycles. The molecule has 0 radical (unpaired) electrons. The average molecular weight is 256 g/mol. The zero-order valence-corrected chi connectivity index (χ0v) is 10.3. The molecule has 1 amide bonds. The molecule has 1 heterocycles. The van der Waals surface area contributed by atoms with E-state index in [0.29, 0.717) is 29.9 Å². The first-order chi connectivity index (χ1) is 9.18. The van der Waals surface area contributed by atoms with E-state index >= 15 is 0 Å². The van der Waals surface area contributed by atoms with Crippen molar-refractivity contribution in [2.75, 3.05) is 17.2 Å². The molecule has 0 saturated carbocycles. The number of carbonyl (C=O) groups is 1. The maximum atomic E-state index is 13.8. The fraction of sp³-hybridized carbons (Fsp3) is 0.133. The van der Waals surface area contributed by atoms with Crippen LogP contribution in [-0.2, 0) is 6.42 Å². The molecule has 3 nitrogen and oxygen atoms in total. The van der Waals surface area contributed by atoms with Gasteiger partial charge in [-0.3, -0.25) is 4.79 Å². The second kappa shape index (κ2) is 4.39. The van der Waals surface area contributed by atoms with E-state index in [4.69, 9.17) is 5.73 Å². The standard InChI is InChI=1S/C15H13FN2O/c16-11-5-1-2-7-13(11)18-9-8-10-4-3-6-12(17)14(10)15(18)19/h1-7H,8-9,17H2. The average Bonchev–Trinajstić information content (AvgIpc) is 2.40. The van der Waals surface area contributed by atoms with Crippen molar-refractivity contribution in [3.63, 3.8) is 0 Å². The highest BCUT2D eigenvalue weighted by Gasteiger charge is 2.28. The van der Waals surface area contributed by atoms with Gasteiger partial charge in [0.2, 0.25) is 0 Å². The smallest absolute Gasteiger partial charge is 0.260 e. The predicted molar refractivity (Wildman–Crippen MR) is 72.6 cm³/mol. The number of nitrogens with two attached hydrogens (primary N) is 1. The number of fused-ring (bicyclic) bond motifs is 1. The van der Waals surface area contributed by atoms with E-state index in [1.54, 1.807) is 24.3 Å². The first-order valence-corrected chi connectivity index (χ1v) is 6.12. The third kappa shape index (κ3) is 1.85. The van der Waals surface area contributed by atoms with Crippen molar-refractivity contribution in [1.82, 2.24) is 0 Å². The summed E-state index contributed by atoms with van der Waals surface area (Å²) in [7, 11) is 0. The normalized spacial score (nSPS) is 14.4. The summed E-state index contributed by atoms with van der Waals surface area (Å²) in [5.74, 6) is -0.627. The van der Waals surface area contributed by atoms with Gasteiger partial charge in [-0.25, -0.2) is 4.39 Å². The number of halogens is 1. The summed E-state index contributed by atoms with van der Waals surface area (Å²) in [6.07, 6.45) is 0.681. The number of hydrogen-bond acceptors (Lipinski definition) is 2. The van der Waals surface area contributed by atoms with E-state index in [0.717, 1.165) is 5.56 Å². The number of rotatable bonds is 1. The lowest BCUT2D eigenvalue weighted by Crippen LogP contribution is -2.38. The van der Waals surface area contributed by atoms with Crippen LogP contribution in [0.1, 0.15) is 15.9 Å². The molecule has 96 valence electrons. The van der Waals surface area contributed by atoms with E-state index < -0.39 is 5.82 Å². The summed E-state index contributed by atoms with van der Waals surface area (Å²) in [5, 5.41) is 0. The van der Waals surface area contributed by atoms with Crippen molar-refractivity contribution in [3.8, 4) is 0 Å². The zero-order chi connectivity index (χ0) is 13.4. The van der Waals surface area contributed by atoms with Gasteiger partial charge in [0.25, 0.3) is 5.91 Å². The van der Waals surface area contributed by atoms with Crippen molar-refractivity contribution < 1.29 is 9.18 Å². The third-order valence-corrected chi connectivity index (χ3v) is 3.39. The molecule has 2 aromatic carbocycles. The van der Waals surface area contributed by atoms with Gasteiger partial charge in [0, 0.05) is 12.2 Å². The quantitative estimate of drug-likeness (QED) is 0.797. The molecule has 0 spiro atoms. The minimum atomic E-state index is -0.395. The maximum absolute atomic E-state index is 13.8. The number of para-hydroxylation sites is 1. The lowest BCUT2D eigenvalue weighted by Gasteiger charge is -2.29. The molecule has 3 rings (SSSR count). The molecule has 2 N–H and O–H groups in total. The minimum Gasteiger partial charge on any atom is -0.398 e. The first-order valence-electron chi connectivity index (χ1n) is 6.12. The van der Waals surface area contributed by atoms with Crippen LogP contribution >= 0.6 is 0 Å². The van der Waals surface area contributed by atoms with Gasteiger partial charge in [-0.15, -0.1) is 0 Å². The highest BCUT2D eigenvalue weighted by atomic mass is 19.1. The van der Waals surface area contributed by atoms with Crippen molar-refractivity contribution >= 4 is 17.3 Å². The number of amides is 1. The highest BCUT2D eigenvalue weighted by molar-refractivity contribution is 6.11. The lowest BCUT2D eigenvalue weighted by molar-refractivity contribution is 0.0980. The van der Waals surface area contributed by atoms with Gasteiger partial charge in [-0.05, 0) is 30.2 Å². The van der Waals surface area contributed by atoms with Gasteiger partial charge in [-0.1, -0.05) is 24.3 Å². The molecule has 0 unspecified atom stereocenters. The summed E-state index contributed by atoms with van der Waals surface area (Å²) in [6, 6.07) is 11.7. The Labute approximate surface area is 110 Å². The van der Waals surface area contributed by atoms with E-state index in [2.05, 4.69) is 0 Å². The highest BCUT2D eigenvalue weighted by Crippen LogP contribution is 2.29. The molecule has 1 aliphatic rings. The third-order valence-electron chi connectivity index (χ3n) is 3.39. The Morgan fingerprint density at radius 1 is 1.11 bits per heavy atom. The number of hydrogen-bond donors (Lipinski definition) is 1. The van der Waals surface area contributed by atoms with Crippen LogP contribution in [0.4, 0.5) is 15.8 Å². The van der Waals surface area contributed by atoms with E-state index in [-0.39, 0.29) is 5.91 Å². The molecule has 0 fully saturated rings. The second-order valence-corrected chi connectivity index (χ2v) is 4.54. The van der Waals surface area contributed by atoms with Crippen LogP contribution in [-0.4, -0.2) is 12.5 Å². The molecule has 0 aliphatic carbocycles. The molecule has 0 bridgehead atoms. The van der Waals surface area contributed by atoms with Crippen molar-refractivity contribution in [1.29, 1.82) is 0 Å². The Hall–Kier alpha value is -2.36. The molecule has 2 aromatic rings. The van der Waals surface area contributed by atoms with Gasteiger partial charge in [0.05, 0.1) is 11.3 Å². The largest absolute Gasteiger partial charge is 0.398 e. The van der Waals surface area contributed by atoms with Crippen LogP contribution in [0.5, 0.6) is 0 Å². The van der Waals surface area contributed by atoms with Gasteiger partial charge >= 0.3 is 0 Å². The van der Waals surface area contributed by atoms with Gasteiger partial charge in [0.1, 0.15) is 5.82 Å². The fourth-order valence-electron chi connectivity index (χ4n) is 2.46. The van der Waals surface area contributed by atoms with Crippen LogP contribution in [0.25, 0.3) is 0 Å². The van der Waals surface area contributed by atoms with Crippen molar-refractivity contribution in [2.24, 2.45) is 0 Å². The number of anilines is 2. The van der Waals surface area contributed by atoms with Crippen molar-refractivity contribution in [3.05, 3.63) is 59.4 Å². The van der Waals surface area contributed by atoms with E-state index in [1.807, 2.05) is 12.1 Å². The summed E-state index contributed by atoms with van der Waals surface area (Å²) < 4.78 is 13.8. The Balaban J connectivity index is 2.07. The Kier molecular flexibility index (Phi) is 2.71. The van der Waals surface area contributed by atoms with Gasteiger partial charge in [-0.2, -0.15) is 0 Å². The Morgan fingerprint density at radius 3 is 2.68 bits per heavy atom. The number of nitrogens with zero attached hydrogens (tertiary/aromatic N) is 1. The molecular formula is C15H13FN2O. The number of carbonyl (C=O) groups excluding carboxylic acids is 1. The molecule has 0 atom stereocenters. The van der Waals surface area contributed by atoms with Crippen LogP contribution in [0.2, 0.25) is 0 Å². The molecule has 1 aliphatic heterocycles. The van der Waals surface area contributed by atoms with Crippen LogP contribution in [0, 0.1) is 5.82 Å². The number of benzene rings is 2. The summed E-state index contributed by atoms with van der Waals surface area (Å²) in [5.41, 5.74) is 8.05. The van der Waals surface area contributed by atoms with Gasteiger partial charge in [0.15, 0.2) is 0 Å². The summed E-state index contributed by atoms with van der Waals surface area (Å²) in [4.78, 5) is 13.9. The molecular weight excluding hydrogens is 243 g/mol. The molecule has 19 heavy (non-hydrogen) atoms. The predicted octanol–water partition coefficient (Wildman–Crippen LogP) is 2.61. The zero-order valence-electron chi connectivity index (χ0n) is 10.3. The topological polar surface area (TPSA) is 46.3 Å². The second-order valence-electron chi connectivity index (χ2n) is 4.54.